The normalized spacial score (nSPS) is 10.7. The summed E-state index contributed by atoms with van der Waals surface area (Å²) in [5.74, 6) is 1.34. The highest BCUT2D eigenvalue weighted by atomic mass is 16.5. The van der Waals surface area contributed by atoms with Crippen molar-refractivity contribution in [3.63, 3.8) is 0 Å². The van der Waals surface area contributed by atoms with Gasteiger partial charge in [-0.3, -0.25) is 9.36 Å². The number of ether oxygens (including phenoxy) is 2. The molecular formula is C18H17NO3. The van der Waals surface area contributed by atoms with E-state index in [0.717, 1.165) is 22.0 Å². The van der Waals surface area contributed by atoms with Gasteiger partial charge in [-0.1, -0.05) is 24.3 Å². The van der Waals surface area contributed by atoms with Gasteiger partial charge in [-0.25, -0.2) is 0 Å². The zero-order valence-corrected chi connectivity index (χ0v) is 12.8. The molecule has 0 aliphatic rings. The van der Waals surface area contributed by atoms with Crippen LogP contribution in [0.15, 0.2) is 48.7 Å². The first-order valence-electron chi connectivity index (χ1n) is 6.99. The van der Waals surface area contributed by atoms with E-state index in [1.54, 1.807) is 25.7 Å². The maximum atomic E-state index is 11.8. The van der Waals surface area contributed by atoms with Crippen LogP contribution in [0, 0.1) is 0 Å². The minimum absolute atomic E-state index is 0.0112. The molecule has 112 valence electrons. The Balaban J connectivity index is 2.24. The number of carbonyl (C=O) groups excluding carboxylic acids is 1. The van der Waals surface area contributed by atoms with E-state index in [1.807, 2.05) is 48.7 Å². The van der Waals surface area contributed by atoms with Gasteiger partial charge in [0.15, 0.2) is 11.5 Å². The Morgan fingerprint density at radius 1 is 1.00 bits per heavy atom. The van der Waals surface area contributed by atoms with Crippen LogP contribution in [0.5, 0.6) is 11.5 Å². The van der Waals surface area contributed by atoms with E-state index >= 15 is 0 Å². The maximum absolute atomic E-state index is 11.8. The van der Waals surface area contributed by atoms with Crippen LogP contribution in [-0.4, -0.2) is 24.7 Å². The minimum atomic E-state index is -0.0112. The SMILES string of the molecule is COc1ccc(-c2cn(C(C)=O)c3ccccc23)cc1OC. The molecule has 0 spiro atoms. The largest absolute Gasteiger partial charge is 0.493 e. The molecule has 0 radical (unpaired) electrons. The molecule has 4 nitrogen and oxygen atoms in total. The van der Waals surface area contributed by atoms with Gasteiger partial charge in [0, 0.05) is 24.1 Å². The summed E-state index contributed by atoms with van der Waals surface area (Å²) in [6, 6.07) is 13.6. The number of para-hydroxylation sites is 1. The van der Waals surface area contributed by atoms with Crippen molar-refractivity contribution in [3.8, 4) is 22.6 Å². The standard InChI is InChI=1S/C18H17NO3/c1-12(20)19-11-15(14-6-4-5-7-16(14)19)13-8-9-17(21-2)18(10-13)22-3/h4-11H,1-3H3. The van der Waals surface area contributed by atoms with Crippen molar-refractivity contribution in [1.82, 2.24) is 4.57 Å². The highest BCUT2D eigenvalue weighted by molar-refractivity contribution is 6.01. The Bertz CT molecular complexity index is 849. The molecule has 0 N–H and O–H groups in total. The van der Waals surface area contributed by atoms with Crippen LogP contribution in [0.1, 0.15) is 11.7 Å². The molecule has 2 aromatic carbocycles. The summed E-state index contributed by atoms with van der Waals surface area (Å²) in [5.41, 5.74) is 2.88. The van der Waals surface area contributed by atoms with Crippen molar-refractivity contribution < 1.29 is 14.3 Å². The molecule has 0 aliphatic carbocycles. The Morgan fingerprint density at radius 3 is 2.41 bits per heavy atom. The summed E-state index contributed by atoms with van der Waals surface area (Å²) in [5, 5.41) is 1.03. The molecule has 0 fully saturated rings. The van der Waals surface area contributed by atoms with Crippen molar-refractivity contribution in [3.05, 3.63) is 48.7 Å². The van der Waals surface area contributed by atoms with Crippen LogP contribution in [-0.2, 0) is 0 Å². The Labute approximate surface area is 128 Å². The van der Waals surface area contributed by atoms with Gasteiger partial charge in [-0.05, 0) is 23.8 Å². The molecule has 4 heteroatoms. The lowest BCUT2D eigenvalue weighted by molar-refractivity contribution is 0.0942. The van der Waals surface area contributed by atoms with E-state index in [2.05, 4.69) is 0 Å². The predicted molar refractivity (Wildman–Crippen MR) is 86.8 cm³/mol. The van der Waals surface area contributed by atoms with E-state index in [9.17, 15) is 4.79 Å². The number of rotatable bonds is 3. The van der Waals surface area contributed by atoms with Crippen molar-refractivity contribution in [2.24, 2.45) is 0 Å². The maximum Gasteiger partial charge on any atom is 0.227 e. The van der Waals surface area contributed by atoms with Crippen LogP contribution in [0.2, 0.25) is 0 Å². The van der Waals surface area contributed by atoms with Gasteiger partial charge in [0.1, 0.15) is 0 Å². The highest BCUT2D eigenvalue weighted by Gasteiger charge is 2.14. The smallest absolute Gasteiger partial charge is 0.227 e. The molecule has 1 heterocycles. The molecule has 0 saturated heterocycles. The third kappa shape index (κ3) is 2.22. The van der Waals surface area contributed by atoms with Crippen molar-refractivity contribution in [2.75, 3.05) is 14.2 Å². The average Bonchev–Trinajstić information content (AvgIpc) is 2.94. The van der Waals surface area contributed by atoms with Crippen LogP contribution in [0.25, 0.3) is 22.0 Å². The lowest BCUT2D eigenvalue weighted by Gasteiger charge is -2.09. The summed E-state index contributed by atoms with van der Waals surface area (Å²) in [6.07, 6.45) is 1.87. The molecule has 0 unspecified atom stereocenters. The second-order valence-corrected chi connectivity index (χ2v) is 5.02. The summed E-state index contributed by atoms with van der Waals surface area (Å²) >= 11 is 0. The third-order valence-corrected chi connectivity index (χ3v) is 3.75. The number of benzene rings is 2. The van der Waals surface area contributed by atoms with Gasteiger partial charge in [-0.15, -0.1) is 0 Å². The van der Waals surface area contributed by atoms with Crippen LogP contribution >= 0.6 is 0 Å². The van der Waals surface area contributed by atoms with Crippen LogP contribution in [0.4, 0.5) is 0 Å². The zero-order chi connectivity index (χ0) is 15.7. The van der Waals surface area contributed by atoms with E-state index in [4.69, 9.17) is 9.47 Å². The van der Waals surface area contributed by atoms with Crippen molar-refractivity contribution in [1.29, 1.82) is 0 Å². The van der Waals surface area contributed by atoms with E-state index in [0.29, 0.717) is 11.5 Å². The van der Waals surface area contributed by atoms with Gasteiger partial charge in [0.25, 0.3) is 0 Å². The fraction of sp³-hybridized carbons (Fsp3) is 0.167. The Kier molecular flexibility index (Phi) is 3.59. The molecule has 0 aliphatic heterocycles. The van der Waals surface area contributed by atoms with Gasteiger partial charge in [0.05, 0.1) is 19.7 Å². The minimum Gasteiger partial charge on any atom is -0.493 e. The zero-order valence-electron chi connectivity index (χ0n) is 12.8. The number of hydrogen-bond donors (Lipinski definition) is 0. The average molecular weight is 295 g/mol. The number of methoxy groups -OCH3 is 2. The van der Waals surface area contributed by atoms with E-state index in [-0.39, 0.29) is 5.91 Å². The lowest BCUT2D eigenvalue weighted by atomic mass is 10.0. The second-order valence-electron chi connectivity index (χ2n) is 5.02. The predicted octanol–water partition coefficient (Wildman–Crippen LogP) is 3.99. The van der Waals surface area contributed by atoms with Crippen LogP contribution in [0.3, 0.4) is 0 Å². The number of nitrogens with zero attached hydrogens (tertiary/aromatic N) is 1. The topological polar surface area (TPSA) is 40.5 Å². The fourth-order valence-electron chi connectivity index (χ4n) is 2.67. The van der Waals surface area contributed by atoms with Crippen molar-refractivity contribution >= 4 is 16.8 Å². The van der Waals surface area contributed by atoms with E-state index in [1.165, 1.54) is 0 Å². The van der Waals surface area contributed by atoms with Gasteiger partial charge in [-0.2, -0.15) is 0 Å². The number of fused-ring (bicyclic) bond motifs is 1. The van der Waals surface area contributed by atoms with Gasteiger partial charge < -0.3 is 9.47 Å². The number of hydrogen-bond acceptors (Lipinski definition) is 3. The molecule has 0 atom stereocenters. The Morgan fingerprint density at radius 2 is 1.73 bits per heavy atom. The third-order valence-electron chi connectivity index (χ3n) is 3.75. The summed E-state index contributed by atoms with van der Waals surface area (Å²) in [6.45, 7) is 1.56. The first-order valence-corrected chi connectivity index (χ1v) is 6.99. The molecule has 3 rings (SSSR count). The molecule has 1 aromatic heterocycles. The number of carbonyl (C=O) groups is 1. The van der Waals surface area contributed by atoms with Gasteiger partial charge >= 0.3 is 0 Å². The molecule has 0 saturated carbocycles. The molecule has 0 amide bonds. The molecule has 0 bridgehead atoms. The lowest BCUT2D eigenvalue weighted by Crippen LogP contribution is -2.02. The fourth-order valence-corrected chi connectivity index (χ4v) is 2.67. The summed E-state index contributed by atoms with van der Waals surface area (Å²) in [4.78, 5) is 11.8. The molecular weight excluding hydrogens is 278 g/mol. The monoisotopic (exact) mass is 295 g/mol. The highest BCUT2D eigenvalue weighted by Crippen LogP contribution is 2.36. The number of aromatic nitrogens is 1. The van der Waals surface area contributed by atoms with Crippen LogP contribution < -0.4 is 9.47 Å². The molecule has 3 aromatic rings. The summed E-state index contributed by atoms with van der Waals surface area (Å²) in [7, 11) is 3.22. The van der Waals surface area contributed by atoms with Crippen molar-refractivity contribution in [2.45, 2.75) is 6.92 Å². The molecule has 22 heavy (non-hydrogen) atoms. The first kappa shape index (κ1) is 14.2. The van der Waals surface area contributed by atoms with E-state index < -0.39 is 0 Å². The Hall–Kier alpha value is -2.75. The summed E-state index contributed by atoms with van der Waals surface area (Å²) < 4.78 is 12.3. The quantitative estimate of drug-likeness (QED) is 0.733. The first-order chi connectivity index (χ1) is 10.7. The van der Waals surface area contributed by atoms with Gasteiger partial charge in [0.2, 0.25) is 5.91 Å². The second kappa shape index (κ2) is 5.56.